The molecular formula is C19H21ClN2O5. The predicted molar refractivity (Wildman–Crippen MR) is 101 cm³/mol. The van der Waals surface area contributed by atoms with Gasteiger partial charge in [0.05, 0.1) is 18.7 Å². The molecule has 0 bridgehead atoms. The second kappa shape index (κ2) is 10.4. The highest BCUT2D eigenvalue weighted by Crippen LogP contribution is 2.17. The van der Waals surface area contributed by atoms with E-state index in [4.69, 9.17) is 25.8 Å². The van der Waals surface area contributed by atoms with E-state index in [-0.39, 0.29) is 6.42 Å². The number of aromatic nitrogens is 1. The fourth-order valence-corrected chi connectivity index (χ4v) is 2.18. The Balaban J connectivity index is 1.66. The molecule has 8 heteroatoms. The summed E-state index contributed by atoms with van der Waals surface area (Å²) < 4.78 is 15.7. The van der Waals surface area contributed by atoms with Crippen molar-refractivity contribution in [2.45, 2.75) is 25.9 Å². The van der Waals surface area contributed by atoms with E-state index in [0.29, 0.717) is 29.6 Å². The maximum atomic E-state index is 12.0. The molecule has 0 saturated heterocycles. The van der Waals surface area contributed by atoms with Gasteiger partial charge >= 0.3 is 5.97 Å². The van der Waals surface area contributed by atoms with Crippen LogP contribution in [0.5, 0.6) is 11.5 Å². The lowest BCUT2D eigenvalue weighted by molar-refractivity contribution is -0.153. The fraction of sp³-hybridized carbons (Fsp3) is 0.316. The molecular weight excluding hydrogens is 372 g/mol. The van der Waals surface area contributed by atoms with Crippen molar-refractivity contribution in [1.29, 1.82) is 0 Å². The molecule has 2 aromatic rings. The number of benzene rings is 1. The molecule has 1 aromatic heterocycles. The monoisotopic (exact) mass is 392 g/mol. The Morgan fingerprint density at radius 3 is 2.48 bits per heavy atom. The van der Waals surface area contributed by atoms with Gasteiger partial charge in [-0.1, -0.05) is 11.6 Å². The molecule has 0 radical (unpaired) electrons. The van der Waals surface area contributed by atoms with Crippen LogP contribution in [0.1, 0.15) is 19.8 Å². The average molecular weight is 393 g/mol. The second-order valence-corrected chi connectivity index (χ2v) is 6.05. The second-order valence-electron chi connectivity index (χ2n) is 5.61. The summed E-state index contributed by atoms with van der Waals surface area (Å²) in [5, 5.41) is 3.01. The zero-order valence-corrected chi connectivity index (χ0v) is 15.9. The van der Waals surface area contributed by atoms with E-state index in [1.165, 1.54) is 13.1 Å². The molecule has 0 aliphatic carbocycles. The lowest BCUT2D eigenvalue weighted by Gasteiger charge is -2.13. The van der Waals surface area contributed by atoms with E-state index >= 15 is 0 Å². The van der Waals surface area contributed by atoms with E-state index in [9.17, 15) is 9.59 Å². The van der Waals surface area contributed by atoms with Crippen LogP contribution in [0.25, 0.3) is 0 Å². The molecule has 0 unspecified atom stereocenters. The van der Waals surface area contributed by atoms with Gasteiger partial charge in [-0.2, -0.15) is 0 Å². The summed E-state index contributed by atoms with van der Waals surface area (Å²) in [6.07, 6.45) is 1.10. The summed E-state index contributed by atoms with van der Waals surface area (Å²) in [6, 6.07) is 10.3. The molecule has 144 valence electrons. The number of hydrogen-bond acceptors (Lipinski definition) is 6. The topological polar surface area (TPSA) is 86.8 Å². The van der Waals surface area contributed by atoms with Crippen LogP contribution in [0, 0.1) is 0 Å². The maximum absolute atomic E-state index is 12.0. The average Bonchev–Trinajstić information content (AvgIpc) is 2.67. The maximum Gasteiger partial charge on any atom is 0.306 e. The van der Waals surface area contributed by atoms with Crippen molar-refractivity contribution >= 4 is 29.3 Å². The molecule has 1 amide bonds. The molecule has 0 aliphatic rings. The van der Waals surface area contributed by atoms with Crippen LogP contribution in [0.3, 0.4) is 0 Å². The number of pyridine rings is 1. The Hall–Kier alpha value is -2.80. The van der Waals surface area contributed by atoms with Crippen LogP contribution in [0.15, 0.2) is 42.6 Å². The van der Waals surface area contributed by atoms with Gasteiger partial charge in [-0.3, -0.25) is 9.59 Å². The van der Waals surface area contributed by atoms with Gasteiger partial charge in [0.2, 0.25) is 0 Å². The number of methoxy groups -OCH3 is 1. The quantitative estimate of drug-likeness (QED) is 0.519. The van der Waals surface area contributed by atoms with E-state index in [1.807, 2.05) is 0 Å². The van der Waals surface area contributed by atoms with Crippen molar-refractivity contribution in [2.75, 3.05) is 19.0 Å². The minimum atomic E-state index is -0.933. The normalized spacial score (nSPS) is 11.4. The summed E-state index contributed by atoms with van der Waals surface area (Å²) in [4.78, 5) is 27.8. The predicted octanol–water partition coefficient (Wildman–Crippen LogP) is 3.47. The molecule has 1 heterocycles. The molecule has 0 fully saturated rings. The van der Waals surface area contributed by atoms with E-state index in [1.54, 1.807) is 43.5 Å². The lowest BCUT2D eigenvalue weighted by Crippen LogP contribution is -2.30. The Labute approximate surface area is 162 Å². The Morgan fingerprint density at radius 2 is 1.85 bits per heavy atom. The zero-order chi connectivity index (χ0) is 19.6. The third-order valence-electron chi connectivity index (χ3n) is 3.51. The number of halogens is 1. The number of esters is 1. The number of nitrogens with zero attached hydrogens (tertiary/aromatic N) is 1. The number of amides is 1. The van der Waals surface area contributed by atoms with Gasteiger partial charge in [-0.05, 0) is 49.7 Å². The Bertz CT molecular complexity index is 750. The van der Waals surface area contributed by atoms with E-state index in [0.717, 1.165) is 5.75 Å². The van der Waals surface area contributed by atoms with Gasteiger partial charge in [0.1, 0.15) is 17.3 Å². The van der Waals surface area contributed by atoms with Gasteiger partial charge < -0.3 is 19.5 Å². The standard InChI is InChI=1S/C19H21ClN2O5/c1-13(19(24)22-17-10-5-14(20)12-21-17)27-18(23)4-3-11-26-16-8-6-15(25-2)7-9-16/h5-10,12-13H,3-4,11H2,1-2H3,(H,21,22,24)/t13-/m1/s1. The molecule has 7 nitrogen and oxygen atoms in total. The van der Waals surface area contributed by atoms with Crippen molar-refractivity contribution in [3.8, 4) is 11.5 Å². The van der Waals surface area contributed by atoms with Crippen LogP contribution in [0.2, 0.25) is 5.02 Å². The number of nitrogens with one attached hydrogen (secondary N) is 1. The number of carbonyl (C=O) groups excluding carboxylic acids is 2. The molecule has 0 saturated carbocycles. The highest BCUT2D eigenvalue weighted by Gasteiger charge is 2.18. The van der Waals surface area contributed by atoms with Crippen molar-refractivity contribution in [3.63, 3.8) is 0 Å². The summed E-state index contributed by atoms with van der Waals surface area (Å²) in [7, 11) is 1.59. The largest absolute Gasteiger partial charge is 0.497 e. The van der Waals surface area contributed by atoms with Crippen LogP contribution in [0.4, 0.5) is 5.82 Å². The first-order valence-electron chi connectivity index (χ1n) is 8.36. The zero-order valence-electron chi connectivity index (χ0n) is 15.1. The van der Waals surface area contributed by atoms with Gasteiger partial charge in [-0.15, -0.1) is 0 Å². The SMILES string of the molecule is COc1ccc(OCCCC(=O)O[C@H](C)C(=O)Nc2ccc(Cl)cn2)cc1. The number of carbonyl (C=O) groups is 2. The van der Waals surface area contributed by atoms with Gasteiger partial charge in [0.15, 0.2) is 6.10 Å². The Kier molecular flexibility index (Phi) is 7.88. The molecule has 0 spiro atoms. The summed E-state index contributed by atoms with van der Waals surface area (Å²) in [5.74, 6) is 0.826. The van der Waals surface area contributed by atoms with Gasteiger partial charge in [0, 0.05) is 12.6 Å². The van der Waals surface area contributed by atoms with Crippen LogP contribution >= 0.6 is 11.6 Å². The number of ether oxygens (including phenoxy) is 3. The number of hydrogen-bond donors (Lipinski definition) is 1. The Morgan fingerprint density at radius 1 is 1.15 bits per heavy atom. The highest BCUT2D eigenvalue weighted by atomic mass is 35.5. The third kappa shape index (κ3) is 7.15. The third-order valence-corrected chi connectivity index (χ3v) is 3.73. The minimum Gasteiger partial charge on any atom is -0.497 e. The van der Waals surface area contributed by atoms with E-state index in [2.05, 4.69) is 10.3 Å². The van der Waals surface area contributed by atoms with Crippen LogP contribution < -0.4 is 14.8 Å². The first-order valence-corrected chi connectivity index (χ1v) is 8.74. The minimum absolute atomic E-state index is 0.146. The first kappa shape index (κ1) is 20.5. The molecule has 2 rings (SSSR count). The van der Waals surface area contributed by atoms with Crippen LogP contribution in [-0.2, 0) is 14.3 Å². The van der Waals surface area contributed by atoms with Gasteiger partial charge in [0.25, 0.3) is 5.91 Å². The van der Waals surface area contributed by atoms with Crippen molar-refractivity contribution in [2.24, 2.45) is 0 Å². The summed E-state index contributed by atoms with van der Waals surface area (Å²) in [6.45, 7) is 1.85. The summed E-state index contributed by atoms with van der Waals surface area (Å²) >= 11 is 5.73. The van der Waals surface area contributed by atoms with E-state index < -0.39 is 18.0 Å². The number of rotatable bonds is 9. The number of anilines is 1. The van der Waals surface area contributed by atoms with Crippen molar-refractivity contribution < 1.29 is 23.8 Å². The van der Waals surface area contributed by atoms with Crippen LogP contribution in [-0.4, -0.2) is 36.7 Å². The smallest absolute Gasteiger partial charge is 0.306 e. The molecule has 1 aromatic carbocycles. The lowest BCUT2D eigenvalue weighted by atomic mass is 10.3. The molecule has 0 aliphatic heterocycles. The molecule has 1 atom stereocenters. The van der Waals surface area contributed by atoms with Gasteiger partial charge in [-0.25, -0.2) is 4.98 Å². The fourth-order valence-electron chi connectivity index (χ4n) is 2.07. The summed E-state index contributed by atoms with van der Waals surface area (Å²) in [5.41, 5.74) is 0. The van der Waals surface area contributed by atoms with Crippen molar-refractivity contribution in [1.82, 2.24) is 4.98 Å². The van der Waals surface area contributed by atoms with Crippen molar-refractivity contribution in [3.05, 3.63) is 47.6 Å². The molecule has 1 N–H and O–H groups in total. The first-order chi connectivity index (χ1) is 13.0. The highest BCUT2D eigenvalue weighted by molar-refractivity contribution is 6.30. The molecule has 27 heavy (non-hydrogen) atoms.